The number of thioether (sulfide) groups is 1. The normalized spacial score (nSPS) is 11.3. The molecule has 2 aromatic heterocycles. The maximum absolute atomic E-state index is 12.9. The van der Waals surface area contributed by atoms with Crippen LogP contribution in [0, 0.1) is 0 Å². The Morgan fingerprint density at radius 3 is 2.77 bits per heavy atom. The predicted octanol–water partition coefficient (Wildman–Crippen LogP) is 2.46. The summed E-state index contributed by atoms with van der Waals surface area (Å²) in [6, 6.07) is 7.46. The molecule has 26 heavy (non-hydrogen) atoms. The van der Waals surface area contributed by atoms with Crippen LogP contribution in [0.4, 0.5) is 0 Å². The third kappa shape index (κ3) is 3.60. The average Bonchev–Trinajstić information content (AvgIpc) is 3.07. The fourth-order valence-electron chi connectivity index (χ4n) is 2.93. The molecule has 8 heteroatoms. The molecule has 0 bridgehead atoms. The summed E-state index contributed by atoms with van der Waals surface area (Å²) in [5, 5.41) is 12.5. The van der Waals surface area contributed by atoms with E-state index in [4.69, 9.17) is 0 Å². The van der Waals surface area contributed by atoms with Gasteiger partial charge in [0, 0.05) is 13.1 Å². The lowest BCUT2D eigenvalue weighted by Gasteiger charge is -2.11. The van der Waals surface area contributed by atoms with Gasteiger partial charge >= 0.3 is 0 Å². The number of amides is 1. The van der Waals surface area contributed by atoms with Gasteiger partial charge in [-0.25, -0.2) is 0 Å². The second-order valence-electron chi connectivity index (χ2n) is 6.04. The zero-order valence-corrected chi connectivity index (χ0v) is 15.9. The molecule has 138 valence electrons. The van der Waals surface area contributed by atoms with E-state index < -0.39 is 0 Å². The summed E-state index contributed by atoms with van der Waals surface area (Å²) in [5.41, 5.74) is 0.722. The van der Waals surface area contributed by atoms with Crippen molar-refractivity contribution in [3.8, 4) is 0 Å². The summed E-state index contributed by atoms with van der Waals surface area (Å²) in [7, 11) is 0. The number of rotatable bonds is 8. The van der Waals surface area contributed by atoms with Crippen LogP contribution in [-0.4, -0.2) is 37.4 Å². The number of aryl methyl sites for hydroxylation is 1. The average molecular weight is 373 g/mol. The number of aromatic nitrogens is 4. The Morgan fingerprint density at radius 2 is 2.00 bits per heavy atom. The van der Waals surface area contributed by atoms with Crippen molar-refractivity contribution in [2.75, 3.05) is 12.3 Å². The van der Waals surface area contributed by atoms with Gasteiger partial charge in [0.05, 0.1) is 16.7 Å². The molecule has 0 atom stereocenters. The van der Waals surface area contributed by atoms with Gasteiger partial charge in [-0.2, -0.15) is 0 Å². The Balaban J connectivity index is 2.08. The van der Waals surface area contributed by atoms with Gasteiger partial charge in [-0.15, -0.1) is 10.2 Å². The van der Waals surface area contributed by atoms with E-state index in [-0.39, 0.29) is 17.2 Å². The lowest BCUT2D eigenvalue weighted by atomic mass is 10.2. The van der Waals surface area contributed by atoms with E-state index in [2.05, 4.69) is 22.4 Å². The van der Waals surface area contributed by atoms with Gasteiger partial charge in [0.1, 0.15) is 0 Å². The lowest BCUT2D eigenvalue weighted by Crippen LogP contribution is -2.25. The summed E-state index contributed by atoms with van der Waals surface area (Å²) in [5.74, 6) is 0.746. The van der Waals surface area contributed by atoms with Crippen molar-refractivity contribution in [3.63, 3.8) is 0 Å². The molecule has 7 nitrogen and oxygen atoms in total. The minimum Gasteiger partial charge on any atom is -0.356 e. The van der Waals surface area contributed by atoms with Crippen molar-refractivity contribution in [2.24, 2.45) is 0 Å². The molecule has 3 rings (SSSR count). The topological polar surface area (TPSA) is 81.3 Å². The van der Waals surface area contributed by atoms with Crippen LogP contribution in [0.25, 0.3) is 16.7 Å². The van der Waals surface area contributed by atoms with Crippen LogP contribution in [-0.2, 0) is 11.3 Å². The zero-order chi connectivity index (χ0) is 18.5. The number of benzene rings is 1. The molecule has 0 saturated heterocycles. The molecule has 3 aromatic rings. The van der Waals surface area contributed by atoms with Crippen molar-refractivity contribution in [1.29, 1.82) is 0 Å². The van der Waals surface area contributed by atoms with E-state index in [1.807, 2.05) is 35.6 Å². The second-order valence-corrected chi connectivity index (χ2v) is 6.98. The molecule has 0 saturated carbocycles. The van der Waals surface area contributed by atoms with Gasteiger partial charge in [-0.1, -0.05) is 43.7 Å². The molecule has 1 amide bonds. The molecule has 2 heterocycles. The Hall–Kier alpha value is -2.35. The van der Waals surface area contributed by atoms with Crippen LogP contribution in [0.3, 0.4) is 0 Å². The van der Waals surface area contributed by atoms with Crippen LogP contribution in [0.1, 0.15) is 33.1 Å². The van der Waals surface area contributed by atoms with E-state index in [0.717, 1.165) is 24.8 Å². The van der Waals surface area contributed by atoms with Crippen LogP contribution in [0.2, 0.25) is 0 Å². The van der Waals surface area contributed by atoms with E-state index in [9.17, 15) is 9.59 Å². The molecule has 0 aliphatic carbocycles. The van der Waals surface area contributed by atoms with Crippen LogP contribution in [0.15, 0.2) is 34.2 Å². The standard InChI is InChI=1S/C18H23N5O2S/c1-3-5-8-11-22-16(25)13-9-6-7-10-14(13)23-17(22)20-21-18(23)26-12-15(24)19-4-2/h6-7,9-10H,3-5,8,11-12H2,1-2H3,(H,19,24). The van der Waals surface area contributed by atoms with Crippen molar-refractivity contribution in [3.05, 3.63) is 34.6 Å². The number of carbonyl (C=O) groups is 1. The number of hydrogen-bond donors (Lipinski definition) is 1. The Kier molecular flexibility index (Phi) is 5.92. The zero-order valence-electron chi connectivity index (χ0n) is 15.1. The summed E-state index contributed by atoms with van der Waals surface area (Å²) >= 11 is 1.32. The SMILES string of the molecule is CCCCCn1c(=O)c2ccccc2n2c(SCC(=O)NCC)nnc12. The lowest BCUT2D eigenvalue weighted by molar-refractivity contribution is -0.118. The van der Waals surface area contributed by atoms with Crippen molar-refractivity contribution >= 4 is 34.3 Å². The highest BCUT2D eigenvalue weighted by molar-refractivity contribution is 7.99. The number of para-hydroxylation sites is 1. The van der Waals surface area contributed by atoms with Gasteiger partial charge < -0.3 is 5.32 Å². The second kappa shape index (κ2) is 8.35. The van der Waals surface area contributed by atoms with Crippen LogP contribution >= 0.6 is 11.8 Å². The number of unbranched alkanes of at least 4 members (excludes halogenated alkanes) is 2. The number of carbonyl (C=O) groups excluding carboxylic acids is 1. The molecule has 1 N–H and O–H groups in total. The summed E-state index contributed by atoms with van der Waals surface area (Å²) in [4.78, 5) is 24.7. The first-order chi connectivity index (χ1) is 12.7. The van der Waals surface area contributed by atoms with E-state index in [1.165, 1.54) is 11.8 Å². The molecule has 1 aromatic carbocycles. The van der Waals surface area contributed by atoms with E-state index in [1.54, 1.807) is 4.57 Å². The van der Waals surface area contributed by atoms with Gasteiger partial charge in [0.2, 0.25) is 11.7 Å². The van der Waals surface area contributed by atoms with Gasteiger partial charge in [0.15, 0.2) is 5.16 Å². The third-order valence-electron chi connectivity index (χ3n) is 4.17. The molecule has 0 aliphatic heterocycles. The van der Waals surface area contributed by atoms with E-state index in [0.29, 0.717) is 29.4 Å². The minimum absolute atomic E-state index is 0.0446. The highest BCUT2D eigenvalue weighted by Gasteiger charge is 2.17. The maximum Gasteiger partial charge on any atom is 0.262 e. The molecular formula is C18H23N5O2S. The van der Waals surface area contributed by atoms with Gasteiger partial charge in [0.25, 0.3) is 5.56 Å². The highest BCUT2D eigenvalue weighted by atomic mass is 32.2. The van der Waals surface area contributed by atoms with Crippen molar-refractivity contribution in [1.82, 2.24) is 24.5 Å². The number of fused-ring (bicyclic) bond motifs is 3. The molecule has 0 aliphatic rings. The smallest absolute Gasteiger partial charge is 0.262 e. The van der Waals surface area contributed by atoms with Crippen LogP contribution in [0.5, 0.6) is 0 Å². The minimum atomic E-state index is -0.0465. The first-order valence-corrected chi connectivity index (χ1v) is 9.92. The maximum atomic E-state index is 12.9. The van der Waals surface area contributed by atoms with Gasteiger partial charge in [-0.05, 0) is 25.5 Å². The summed E-state index contributed by atoms with van der Waals surface area (Å²) in [6.45, 7) is 5.23. The Bertz CT molecular complexity index is 979. The van der Waals surface area contributed by atoms with Crippen molar-refractivity contribution < 1.29 is 4.79 Å². The largest absolute Gasteiger partial charge is 0.356 e. The molecule has 0 radical (unpaired) electrons. The number of nitrogens with zero attached hydrogens (tertiary/aromatic N) is 4. The Morgan fingerprint density at radius 1 is 1.19 bits per heavy atom. The highest BCUT2D eigenvalue weighted by Crippen LogP contribution is 2.21. The number of nitrogens with one attached hydrogen (secondary N) is 1. The first-order valence-electron chi connectivity index (χ1n) is 8.93. The van der Waals surface area contributed by atoms with E-state index >= 15 is 0 Å². The fourth-order valence-corrected chi connectivity index (χ4v) is 3.70. The Labute approximate surface area is 155 Å². The molecule has 0 spiro atoms. The van der Waals surface area contributed by atoms with Crippen molar-refractivity contribution in [2.45, 2.75) is 44.8 Å². The first kappa shape index (κ1) is 18.4. The number of hydrogen-bond acceptors (Lipinski definition) is 5. The summed E-state index contributed by atoms with van der Waals surface area (Å²) in [6.07, 6.45) is 3.05. The fraction of sp³-hybridized carbons (Fsp3) is 0.444. The molecule has 0 unspecified atom stereocenters. The molecular weight excluding hydrogens is 350 g/mol. The predicted molar refractivity (Wildman–Crippen MR) is 104 cm³/mol. The molecule has 0 fully saturated rings. The summed E-state index contributed by atoms with van der Waals surface area (Å²) < 4.78 is 3.58. The van der Waals surface area contributed by atoms with Gasteiger partial charge in [-0.3, -0.25) is 18.6 Å². The van der Waals surface area contributed by atoms with Crippen LogP contribution < -0.4 is 10.9 Å². The quantitative estimate of drug-likeness (QED) is 0.485. The third-order valence-corrected chi connectivity index (χ3v) is 5.10. The monoisotopic (exact) mass is 373 g/mol.